The number of aromatic nitrogens is 1. The molecule has 0 saturated heterocycles. The van der Waals surface area contributed by atoms with Crippen molar-refractivity contribution < 1.29 is 0 Å². The SMILES string of the molecule is Cc1cnc(NCCCC(C)C)c(N)c1. The zero-order valence-corrected chi connectivity index (χ0v) is 9.88. The van der Waals surface area contributed by atoms with Gasteiger partial charge in [-0.2, -0.15) is 0 Å². The van der Waals surface area contributed by atoms with Crippen molar-refractivity contribution in [3.8, 4) is 0 Å². The maximum Gasteiger partial charge on any atom is 0.149 e. The van der Waals surface area contributed by atoms with Crippen LogP contribution in [0.25, 0.3) is 0 Å². The third-order valence-electron chi connectivity index (χ3n) is 2.30. The van der Waals surface area contributed by atoms with Crippen LogP contribution in [0.1, 0.15) is 32.3 Å². The van der Waals surface area contributed by atoms with Gasteiger partial charge in [0, 0.05) is 12.7 Å². The molecule has 0 spiro atoms. The number of rotatable bonds is 5. The van der Waals surface area contributed by atoms with Crippen LogP contribution in [-0.2, 0) is 0 Å². The van der Waals surface area contributed by atoms with E-state index in [2.05, 4.69) is 24.1 Å². The van der Waals surface area contributed by atoms with E-state index < -0.39 is 0 Å². The van der Waals surface area contributed by atoms with Crippen molar-refractivity contribution in [3.63, 3.8) is 0 Å². The molecule has 1 heterocycles. The van der Waals surface area contributed by atoms with Gasteiger partial charge in [0.15, 0.2) is 0 Å². The summed E-state index contributed by atoms with van der Waals surface area (Å²) < 4.78 is 0. The number of aryl methyl sites for hydroxylation is 1. The smallest absolute Gasteiger partial charge is 0.149 e. The molecule has 0 radical (unpaired) electrons. The Morgan fingerprint density at radius 3 is 2.80 bits per heavy atom. The van der Waals surface area contributed by atoms with E-state index in [0.717, 1.165) is 36.0 Å². The molecule has 0 aliphatic rings. The van der Waals surface area contributed by atoms with Crippen molar-refractivity contribution in [1.82, 2.24) is 4.98 Å². The minimum Gasteiger partial charge on any atom is -0.396 e. The summed E-state index contributed by atoms with van der Waals surface area (Å²) in [5.41, 5.74) is 7.67. The van der Waals surface area contributed by atoms with E-state index in [4.69, 9.17) is 5.73 Å². The van der Waals surface area contributed by atoms with Gasteiger partial charge in [-0.15, -0.1) is 0 Å². The Hall–Kier alpha value is -1.25. The second-order valence-corrected chi connectivity index (χ2v) is 4.41. The quantitative estimate of drug-likeness (QED) is 0.730. The maximum absolute atomic E-state index is 5.84. The van der Waals surface area contributed by atoms with Crippen LogP contribution in [0.5, 0.6) is 0 Å². The van der Waals surface area contributed by atoms with Gasteiger partial charge in [-0.3, -0.25) is 0 Å². The molecule has 0 bridgehead atoms. The molecule has 0 aliphatic carbocycles. The number of nitrogens with two attached hydrogens (primary N) is 1. The molecule has 0 atom stereocenters. The maximum atomic E-state index is 5.84. The number of pyridine rings is 1. The Balaban J connectivity index is 2.37. The number of hydrogen-bond acceptors (Lipinski definition) is 3. The predicted molar refractivity (Wildman–Crippen MR) is 65.9 cm³/mol. The summed E-state index contributed by atoms with van der Waals surface area (Å²) in [6.07, 6.45) is 4.23. The first-order valence-electron chi connectivity index (χ1n) is 5.55. The molecule has 0 amide bonds. The second-order valence-electron chi connectivity index (χ2n) is 4.41. The van der Waals surface area contributed by atoms with Crippen molar-refractivity contribution in [2.24, 2.45) is 5.92 Å². The molecule has 0 fully saturated rings. The number of hydrogen-bond donors (Lipinski definition) is 2. The molecule has 84 valence electrons. The van der Waals surface area contributed by atoms with E-state index >= 15 is 0 Å². The predicted octanol–water partition coefficient (Wildman–Crippen LogP) is 2.82. The van der Waals surface area contributed by atoms with Crippen LogP contribution >= 0.6 is 0 Å². The lowest BCUT2D eigenvalue weighted by atomic mass is 10.1. The fraction of sp³-hybridized carbons (Fsp3) is 0.583. The van der Waals surface area contributed by atoms with Gasteiger partial charge in [0.05, 0.1) is 5.69 Å². The first-order chi connectivity index (χ1) is 7.09. The van der Waals surface area contributed by atoms with Gasteiger partial charge in [-0.1, -0.05) is 13.8 Å². The Morgan fingerprint density at radius 2 is 2.20 bits per heavy atom. The standard InChI is InChI=1S/C12H21N3/c1-9(2)5-4-6-14-12-11(13)7-10(3)8-15-12/h7-9H,4-6,13H2,1-3H3,(H,14,15). The number of nitrogens with zero attached hydrogens (tertiary/aromatic N) is 1. The molecule has 0 saturated carbocycles. The number of nitrogen functional groups attached to an aromatic ring is 1. The fourth-order valence-corrected chi connectivity index (χ4v) is 1.46. The Morgan fingerprint density at radius 1 is 1.47 bits per heavy atom. The first kappa shape index (κ1) is 11.8. The average molecular weight is 207 g/mol. The molecule has 3 N–H and O–H groups in total. The molecule has 0 aromatic carbocycles. The molecule has 3 heteroatoms. The third-order valence-corrected chi connectivity index (χ3v) is 2.30. The van der Waals surface area contributed by atoms with E-state index in [-0.39, 0.29) is 0 Å². The van der Waals surface area contributed by atoms with Crippen LogP contribution in [-0.4, -0.2) is 11.5 Å². The van der Waals surface area contributed by atoms with Gasteiger partial charge in [0.1, 0.15) is 5.82 Å². The topological polar surface area (TPSA) is 50.9 Å². The van der Waals surface area contributed by atoms with Gasteiger partial charge < -0.3 is 11.1 Å². The Kier molecular flexibility index (Phi) is 4.40. The number of nitrogens with one attached hydrogen (secondary N) is 1. The normalized spacial score (nSPS) is 10.7. The molecule has 3 nitrogen and oxygen atoms in total. The molecular formula is C12H21N3. The number of anilines is 2. The van der Waals surface area contributed by atoms with E-state index in [9.17, 15) is 0 Å². The minimum absolute atomic E-state index is 0.736. The van der Waals surface area contributed by atoms with Crippen molar-refractivity contribution in [1.29, 1.82) is 0 Å². The zero-order chi connectivity index (χ0) is 11.3. The highest BCUT2D eigenvalue weighted by Gasteiger charge is 2.00. The van der Waals surface area contributed by atoms with Crippen molar-refractivity contribution in [3.05, 3.63) is 17.8 Å². The largest absolute Gasteiger partial charge is 0.396 e. The van der Waals surface area contributed by atoms with E-state index in [0.29, 0.717) is 0 Å². The first-order valence-corrected chi connectivity index (χ1v) is 5.55. The van der Waals surface area contributed by atoms with Gasteiger partial charge in [0.2, 0.25) is 0 Å². The van der Waals surface area contributed by atoms with Crippen molar-refractivity contribution >= 4 is 11.5 Å². The summed E-state index contributed by atoms with van der Waals surface area (Å²) in [4.78, 5) is 4.26. The highest BCUT2D eigenvalue weighted by molar-refractivity contribution is 5.61. The van der Waals surface area contributed by atoms with Gasteiger partial charge >= 0.3 is 0 Å². The molecular weight excluding hydrogens is 186 g/mol. The molecule has 1 rings (SSSR count). The highest BCUT2D eigenvalue weighted by atomic mass is 15.0. The van der Waals surface area contributed by atoms with Crippen molar-refractivity contribution in [2.45, 2.75) is 33.6 Å². The molecule has 0 unspecified atom stereocenters. The van der Waals surface area contributed by atoms with Crippen LogP contribution in [0.4, 0.5) is 11.5 Å². The summed E-state index contributed by atoms with van der Waals surface area (Å²) in [6.45, 7) is 7.40. The van der Waals surface area contributed by atoms with Crippen LogP contribution in [0.3, 0.4) is 0 Å². The van der Waals surface area contributed by atoms with Crippen LogP contribution in [0, 0.1) is 12.8 Å². The Labute approximate surface area is 92.1 Å². The summed E-state index contributed by atoms with van der Waals surface area (Å²) in [5, 5.41) is 3.26. The third kappa shape index (κ3) is 4.19. The lowest BCUT2D eigenvalue weighted by Crippen LogP contribution is -2.07. The lowest BCUT2D eigenvalue weighted by molar-refractivity contribution is 0.567. The summed E-state index contributed by atoms with van der Waals surface area (Å²) >= 11 is 0. The van der Waals surface area contributed by atoms with Crippen LogP contribution in [0.15, 0.2) is 12.3 Å². The van der Waals surface area contributed by atoms with Crippen LogP contribution in [0.2, 0.25) is 0 Å². The summed E-state index contributed by atoms with van der Waals surface area (Å²) in [5.74, 6) is 1.57. The molecule has 1 aromatic heterocycles. The average Bonchev–Trinajstić information content (AvgIpc) is 2.14. The monoisotopic (exact) mass is 207 g/mol. The van der Waals surface area contributed by atoms with Gasteiger partial charge in [-0.25, -0.2) is 4.98 Å². The Bertz CT molecular complexity index is 308. The summed E-state index contributed by atoms with van der Waals surface area (Å²) in [6, 6.07) is 1.94. The zero-order valence-electron chi connectivity index (χ0n) is 9.88. The van der Waals surface area contributed by atoms with E-state index in [1.54, 1.807) is 0 Å². The molecule has 15 heavy (non-hydrogen) atoms. The van der Waals surface area contributed by atoms with Crippen LogP contribution < -0.4 is 11.1 Å². The lowest BCUT2D eigenvalue weighted by Gasteiger charge is -2.09. The van der Waals surface area contributed by atoms with E-state index in [1.165, 1.54) is 6.42 Å². The molecule has 1 aromatic rings. The van der Waals surface area contributed by atoms with E-state index in [1.807, 2.05) is 19.2 Å². The summed E-state index contributed by atoms with van der Waals surface area (Å²) in [7, 11) is 0. The van der Waals surface area contributed by atoms with Gasteiger partial charge in [0.25, 0.3) is 0 Å². The minimum atomic E-state index is 0.736. The molecule has 0 aliphatic heterocycles. The fourth-order valence-electron chi connectivity index (χ4n) is 1.46. The van der Waals surface area contributed by atoms with Gasteiger partial charge in [-0.05, 0) is 37.3 Å². The highest BCUT2D eigenvalue weighted by Crippen LogP contribution is 2.15. The van der Waals surface area contributed by atoms with Crippen molar-refractivity contribution in [2.75, 3.05) is 17.6 Å². The second kappa shape index (κ2) is 5.59.